The van der Waals surface area contributed by atoms with Crippen molar-refractivity contribution >= 4 is 17.2 Å². The molecule has 1 aromatic heterocycles. The summed E-state index contributed by atoms with van der Waals surface area (Å²) in [6, 6.07) is 3.91. The van der Waals surface area contributed by atoms with Crippen LogP contribution < -0.4 is 5.48 Å². The van der Waals surface area contributed by atoms with E-state index in [1.54, 1.807) is 11.3 Å². The van der Waals surface area contributed by atoms with E-state index < -0.39 is 0 Å². The maximum atomic E-state index is 11.5. The second-order valence-electron chi connectivity index (χ2n) is 4.53. The Morgan fingerprint density at radius 3 is 2.94 bits per heavy atom. The van der Waals surface area contributed by atoms with E-state index in [0.717, 1.165) is 24.5 Å². The Morgan fingerprint density at radius 1 is 1.39 bits per heavy atom. The summed E-state index contributed by atoms with van der Waals surface area (Å²) in [5.74, 6) is -0.0731. The molecule has 1 aliphatic rings. The highest BCUT2D eigenvalue weighted by molar-refractivity contribution is 7.10. The molecule has 0 bridgehead atoms. The smallest absolute Gasteiger partial charge is 0.248 e. The van der Waals surface area contributed by atoms with Crippen LogP contribution >= 0.6 is 11.3 Å². The maximum Gasteiger partial charge on any atom is 0.248 e. The third-order valence-electron chi connectivity index (χ3n) is 3.06. The molecule has 5 heteroatoms. The molecule has 4 nitrogen and oxygen atoms in total. The van der Waals surface area contributed by atoms with Crippen LogP contribution in [-0.4, -0.2) is 37.0 Å². The number of amides is 1. The zero-order valence-electron chi connectivity index (χ0n) is 10.6. The van der Waals surface area contributed by atoms with Gasteiger partial charge in [0.05, 0.1) is 13.0 Å². The number of hydroxylamine groups is 1. The number of nitrogens with zero attached hydrogens (tertiary/aromatic N) is 1. The first-order valence-electron chi connectivity index (χ1n) is 6.50. The highest BCUT2D eigenvalue weighted by Crippen LogP contribution is 2.09. The van der Waals surface area contributed by atoms with Gasteiger partial charge in [0, 0.05) is 11.4 Å². The highest BCUT2D eigenvalue weighted by atomic mass is 32.1. The molecule has 1 saturated heterocycles. The SMILES string of the molecule is O=C(Cc1cccs1)NOCCN1CCCCC1. The molecule has 100 valence electrons. The molecule has 1 aliphatic heterocycles. The predicted molar refractivity (Wildman–Crippen MR) is 72.4 cm³/mol. The van der Waals surface area contributed by atoms with Gasteiger partial charge >= 0.3 is 0 Å². The van der Waals surface area contributed by atoms with Crippen LogP contribution in [0.4, 0.5) is 0 Å². The zero-order valence-corrected chi connectivity index (χ0v) is 11.4. The Morgan fingerprint density at radius 2 is 2.22 bits per heavy atom. The molecule has 1 aromatic rings. The van der Waals surface area contributed by atoms with E-state index in [9.17, 15) is 4.79 Å². The van der Waals surface area contributed by atoms with Crippen molar-refractivity contribution in [1.82, 2.24) is 10.4 Å². The van der Waals surface area contributed by atoms with Crippen LogP contribution in [0.25, 0.3) is 0 Å². The van der Waals surface area contributed by atoms with Crippen molar-refractivity contribution < 1.29 is 9.63 Å². The van der Waals surface area contributed by atoms with Gasteiger partial charge in [-0.05, 0) is 37.4 Å². The van der Waals surface area contributed by atoms with Crippen LogP contribution in [0.2, 0.25) is 0 Å². The number of carbonyl (C=O) groups is 1. The molecule has 0 spiro atoms. The van der Waals surface area contributed by atoms with E-state index >= 15 is 0 Å². The van der Waals surface area contributed by atoms with Gasteiger partial charge < -0.3 is 4.90 Å². The first kappa shape index (κ1) is 13.5. The molecule has 2 heterocycles. The second-order valence-corrected chi connectivity index (χ2v) is 5.56. The summed E-state index contributed by atoms with van der Waals surface area (Å²) < 4.78 is 0. The van der Waals surface area contributed by atoms with Crippen molar-refractivity contribution in [3.8, 4) is 0 Å². The highest BCUT2D eigenvalue weighted by Gasteiger charge is 2.09. The monoisotopic (exact) mass is 268 g/mol. The van der Waals surface area contributed by atoms with E-state index in [1.165, 1.54) is 19.3 Å². The summed E-state index contributed by atoms with van der Waals surface area (Å²) in [4.78, 5) is 20.2. The fourth-order valence-corrected chi connectivity index (χ4v) is 2.80. The number of hydrogen-bond acceptors (Lipinski definition) is 4. The summed E-state index contributed by atoms with van der Waals surface area (Å²) in [7, 11) is 0. The molecule has 0 aromatic carbocycles. The molecule has 1 N–H and O–H groups in total. The van der Waals surface area contributed by atoms with Crippen LogP contribution in [0.3, 0.4) is 0 Å². The zero-order chi connectivity index (χ0) is 12.6. The predicted octanol–water partition coefficient (Wildman–Crippen LogP) is 1.82. The van der Waals surface area contributed by atoms with Gasteiger partial charge in [-0.1, -0.05) is 12.5 Å². The van der Waals surface area contributed by atoms with Gasteiger partial charge in [-0.25, -0.2) is 5.48 Å². The number of hydrogen-bond donors (Lipinski definition) is 1. The van der Waals surface area contributed by atoms with E-state index in [-0.39, 0.29) is 5.91 Å². The van der Waals surface area contributed by atoms with E-state index in [2.05, 4.69) is 10.4 Å². The fourth-order valence-electron chi connectivity index (χ4n) is 2.10. The largest absolute Gasteiger partial charge is 0.301 e. The lowest BCUT2D eigenvalue weighted by Crippen LogP contribution is -2.35. The van der Waals surface area contributed by atoms with Gasteiger partial charge in [-0.3, -0.25) is 9.63 Å². The van der Waals surface area contributed by atoms with Crippen LogP contribution in [0.5, 0.6) is 0 Å². The summed E-state index contributed by atoms with van der Waals surface area (Å²) in [5.41, 5.74) is 2.50. The van der Waals surface area contributed by atoms with Gasteiger partial charge in [-0.2, -0.15) is 0 Å². The van der Waals surface area contributed by atoms with E-state index in [1.807, 2.05) is 17.5 Å². The fraction of sp³-hybridized carbons (Fsp3) is 0.615. The van der Waals surface area contributed by atoms with Crippen molar-refractivity contribution in [3.05, 3.63) is 22.4 Å². The molecule has 1 fully saturated rings. The lowest BCUT2D eigenvalue weighted by molar-refractivity contribution is -0.133. The summed E-state index contributed by atoms with van der Waals surface area (Å²) in [6.07, 6.45) is 4.31. The van der Waals surface area contributed by atoms with Crippen molar-refractivity contribution in [1.29, 1.82) is 0 Å². The van der Waals surface area contributed by atoms with E-state index in [4.69, 9.17) is 4.84 Å². The summed E-state index contributed by atoms with van der Waals surface area (Å²) in [6.45, 7) is 3.79. The molecule has 0 saturated carbocycles. The van der Waals surface area contributed by atoms with Crippen molar-refractivity contribution in [2.75, 3.05) is 26.2 Å². The molecule has 0 radical (unpaired) electrons. The van der Waals surface area contributed by atoms with Gasteiger partial charge in [0.15, 0.2) is 0 Å². The Labute approximate surface area is 112 Å². The number of rotatable bonds is 6. The molecule has 18 heavy (non-hydrogen) atoms. The van der Waals surface area contributed by atoms with Crippen LogP contribution in [-0.2, 0) is 16.1 Å². The van der Waals surface area contributed by atoms with Crippen molar-refractivity contribution in [2.45, 2.75) is 25.7 Å². The van der Waals surface area contributed by atoms with Gasteiger partial charge in [0.1, 0.15) is 0 Å². The quantitative estimate of drug-likeness (QED) is 0.632. The molecule has 0 aliphatic carbocycles. The van der Waals surface area contributed by atoms with Gasteiger partial charge in [0.25, 0.3) is 0 Å². The Hall–Kier alpha value is -0.910. The molecular weight excluding hydrogens is 248 g/mol. The van der Waals surface area contributed by atoms with E-state index in [0.29, 0.717) is 13.0 Å². The first-order chi connectivity index (χ1) is 8.84. The number of piperidine rings is 1. The van der Waals surface area contributed by atoms with Crippen LogP contribution in [0.15, 0.2) is 17.5 Å². The number of likely N-dealkylation sites (tertiary alicyclic amines) is 1. The van der Waals surface area contributed by atoms with Crippen LogP contribution in [0, 0.1) is 0 Å². The third-order valence-corrected chi connectivity index (χ3v) is 3.94. The van der Waals surface area contributed by atoms with Crippen molar-refractivity contribution in [3.63, 3.8) is 0 Å². The third kappa shape index (κ3) is 4.76. The topological polar surface area (TPSA) is 41.6 Å². The minimum Gasteiger partial charge on any atom is -0.301 e. The number of thiophene rings is 1. The average Bonchev–Trinajstić information content (AvgIpc) is 2.89. The first-order valence-corrected chi connectivity index (χ1v) is 7.38. The maximum absolute atomic E-state index is 11.5. The molecule has 2 rings (SSSR count). The number of carbonyl (C=O) groups excluding carboxylic acids is 1. The minimum absolute atomic E-state index is 0.0731. The molecule has 1 amide bonds. The summed E-state index contributed by atoms with van der Waals surface area (Å²) >= 11 is 1.59. The standard InChI is InChI=1S/C13H20N2O2S/c16-13(11-12-5-4-10-18-12)14-17-9-8-15-6-2-1-3-7-15/h4-5,10H,1-3,6-9,11H2,(H,14,16). The van der Waals surface area contributed by atoms with Crippen LogP contribution in [0.1, 0.15) is 24.1 Å². The summed E-state index contributed by atoms with van der Waals surface area (Å²) in [5, 5.41) is 1.97. The normalized spacial score (nSPS) is 16.7. The van der Waals surface area contributed by atoms with Gasteiger partial charge in [0.2, 0.25) is 5.91 Å². The minimum atomic E-state index is -0.0731. The van der Waals surface area contributed by atoms with Gasteiger partial charge in [-0.15, -0.1) is 11.3 Å². The Bertz CT molecular complexity index is 348. The molecule has 0 unspecified atom stereocenters. The van der Waals surface area contributed by atoms with Crippen molar-refractivity contribution in [2.24, 2.45) is 0 Å². The molecular formula is C13H20N2O2S. The second kappa shape index (κ2) is 7.51. The number of nitrogens with one attached hydrogen (secondary N) is 1. The Balaban J connectivity index is 1.53. The molecule has 0 atom stereocenters. The average molecular weight is 268 g/mol. The lowest BCUT2D eigenvalue weighted by Gasteiger charge is -2.25. The Kier molecular flexibility index (Phi) is 5.64. The lowest BCUT2D eigenvalue weighted by atomic mass is 10.1.